The maximum absolute atomic E-state index is 11.7. The first-order valence-corrected chi connectivity index (χ1v) is 6.49. The van der Waals surface area contributed by atoms with Crippen LogP contribution < -0.4 is 10.6 Å². The van der Waals surface area contributed by atoms with E-state index >= 15 is 0 Å². The molecule has 0 bridgehead atoms. The molecule has 0 unspecified atom stereocenters. The number of rotatable bonds is 5. The number of hydrogen-bond acceptors (Lipinski definition) is 3. The van der Waals surface area contributed by atoms with Gasteiger partial charge in [-0.25, -0.2) is 4.79 Å². The fraction of sp³-hybridized carbons (Fsp3) is 0.429. The molecule has 1 aromatic carbocycles. The topological polar surface area (TPSA) is 56.7 Å². The minimum Gasteiger partial charge on any atom is -0.307 e. The number of amides is 2. The lowest BCUT2D eigenvalue weighted by Crippen LogP contribution is -2.29. The molecule has 0 radical (unpaired) electrons. The Morgan fingerprint density at radius 1 is 1.25 bits per heavy atom. The van der Waals surface area contributed by atoms with E-state index in [4.69, 9.17) is 0 Å². The second-order valence-electron chi connectivity index (χ2n) is 4.25. The van der Waals surface area contributed by atoms with Crippen molar-refractivity contribution in [2.24, 2.45) is 5.10 Å². The van der Waals surface area contributed by atoms with Gasteiger partial charge in [-0.05, 0) is 38.8 Å². The van der Waals surface area contributed by atoms with Gasteiger partial charge in [-0.2, -0.15) is 5.10 Å². The van der Waals surface area contributed by atoms with Crippen molar-refractivity contribution in [3.8, 4) is 0 Å². The monoisotopic (exact) mass is 298 g/mol. The third-order valence-electron chi connectivity index (χ3n) is 2.87. The molecule has 0 fully saturated rings. The number of carbonyl (C=O) groups excluding carboxylic acids is 1. The van der Waals surface area contributed by atoms with E-state index in [1.54, 1.807) is 0 Å². The van der Waals surface area contributed by atoms with Crippen LogP contribution in [0.1, 0.15) is 25.0 Å². The molecule has 0 aliphatic rings. The van der Waals surface area contributed by atoms with E-state index in [9.17, 15) is 4.79 Å². The van der Waals surface area contributed by atoms with Gasteiger partial charge < -0.3 is 5.32 Å². The van der Waals surface area contributed by atoms with Gasteiger partial charge in [0.1, 0.15) is 6.34 Å². The number of aryl methyl sites for hydroxylation is 2. The fourth-order valence-corrected chi connectivity index (χ4v) is 1.72. The van der Waals surface area contributed by atoms with Gasteiger partial charge in [0, 0.05) is 18.8 Å². The Morgan fingerprint density at radius 3 is 2.30 bits per heavy atom. The summed E-state index contributed by atoms with van der Waals surface area (Å²) in [6, 6.07) is 5.61. The van der Waals surface area contributed by atoms with Crippen LogP contribution in [0.25, 0.3) is 0 Å². The molecular weight excluding hydrogens is 276 g/mol. The molecule has 0 aliphatic carbocycles. The summed E-state index contributed by atoms with van der Waals surface area (Å²) in [5.74, 6) is 0. The molecule has 0 aliphatic heterocycles. The summed E-state index contributed by atoms with van der Waals surface area (Å²) in [6.45, 7) is 9.58. The number of halogens is 1. The van der Waals surface area contributed by atoms with Crippen molar-refractivity contribution < 1.29 is 4.79 Å². The molecule has 0 saturated heterocycles. The predicted molar refractivity (Wildman–Crippen MR) is 86.7 cm³/mol. The van der Waals surface area contributed by atoms with Crippen molar-refractivity contribution in [2.75, 3.05) is 18.4 Å². The zero-order valence-corrected chi connectivity index (χ0v) is 13.3. The molecule has 2 amide bonds. The Bertz CT molecular complexity index is 438. The molecule has 2 N–H and O–H groups in total. The van der Waals surface area contributed by atoms with Gasteiger partial charge >= 0.3 is 6.03 Å². The van der Waals surface area contributed by atoms with Crippen LogP contribution in [0.4, 0.5) is 10.5 Å². The van der Waals surface area contributed by atoms with Gasteiger partial charge in [-0.1, -0.05) is 18.2 Å². The number of urea groups is 1. The number of nitrogens with one attached hydrogen (secondary N) is 2. The van der Waals surface area contributed by atoms with Crippen molar-refractivity contribution in [3.05, 3.63) is 29.3 Å². The molecule has 6 heteroatoms. The molecule has 0 spiro atoms. The lowest BCUT2D eigenvalue weighted by molar-refractivity contribution is 0.256. The van der Waals surface area contributed by atoms with E-state index in [-0.39, 0.29) is 18.4 Å². The number of hydrogen-bond donors (Lipinski definition) is 2. The maximum Gasteiger partial charge on any atom is 0.324 e. The van der Waals surface area contributed by atoms with Crippen LogP contribution >= 0.6 is 12.4 Å². The van der Waals surface area contributed by atoms with Crippen molar-refractivity contribution in [2.45, 2.75) is 27.7 Å². The van der Waals surface area contributed by atoms with E-state index in [2.05, 4.69) is 15.7 Å². The van der Waals surface area contributed by atoms with Gasteiger partial charge in [0.2, 0.25) is 0 Å². The van der Waals surface area contributed by atoms with E-state index in [1.165, 1.54) is 6.34 Å². The quantitative estimate of drug-likeness (QED) is 0.498. The summed E-state index contributed by atoms with van der Waals surface area (Å²) in [4.78, 5) is 11.7. The first-order valence-electron chi connectivity index (χ1n) is 6.49. The number of benzene rings is 1. The highest BCUT2D eigenvalue weighted by molar-refractivity contribution is 5.97. The first-order chi connectivity index (χ1) is 9.08. The van der Waals surface area contributed by atoms with Crippen LogP contribution in [-0.4, -0.2) is 30.5 Å². The van der Waals surface area contributed by atoms with Crippen molar-refractivity contribution in [1.29, 1.82) is 0 Å². The van der Waals surface area contributed by atoms with Crippen LogP contribution in [0.3, 0.4) is 0 Å². The minimum atomic E-state index is -0.284. The predicted octanol–water partition coefficient (Wildman–Crippen LogP) is 3.13. The van der Waals surface area contributed by atoms with E-state index in [0.29, 0.717) is 0 Å². The number of para-hydroxylation sites is 1. The standard InChI is InChI=1S/C14H22N4O.ClH/c1-5-18(6-2)16-10-15-14(19)17-13-11(3)8-7-9-12(13)4;/h7-10H,5-6H2,1-4H3,(H2,15,16,17,19);1H. The highest BCUT2D eigenvalue weighted by Gasteiger charge is 2.05. The maximum atomic E-state index is 11.7. The average Bonchev–Trinajstić information content (AvgIpc) is 2.39. The molecule has 0 aromatic heterocycles. The van der Waals surface area contributed by atoms with Crippen molar-refractivity contribution in [1.82, 2.24) is 10.3 Å². The van der Waals surface area contributed by atoms with Gasteiger partial charge in [-0.15, -0.1) is 12.4 Å². The Hall–Kier alpha value is -1.75. The van der Waals surface area contributed by atoms with E-state index in [1.807, 2.05) is 50.9 Å². The normalized spacial score (nSPS) is 10.0. The molecule has 1 rings (SSSR count). The molecule has 5 nitrogen and oxygen atoms in total. The highest BCUT2D eigenvalue weighted by Crippen LogP contribution is 2.18. The third kappa shape index (κ3) is 5.48. The zero-order chi connectivity index (χ0) is 14.3. The molecule has 20 heavy (non-hydrogen) atoms. The second kappa shape index (κ2) is 9.20. The van der Waals surface area contributed by atoms with Crippen molar-refractivity contribution >= 4 is 30.5 Å². The Kier molecular flexibility index (Phi) is 8.40. The summed E-state index contributed by atoms with van der Waals surface area (Å²) in [7, 11) is 0. The smallest absolute Gasteiger partial charge is 0.307 e. The molecule has 0 heterocycles. The van der Waals surface area contributed by atoms with Crippen LogP contribution in [-0.2, 0) is 0 Å². The molecule has 1 aromatic rings. The van der Waals surface area contributed by atoms with Crippen LogP contribution in [0, 0.1) is 13.8 Å². The van der Waals surface area contributed by atoms with Crippen LogP contribution in [0.15, 0.2) is 23.3 Å². The SMILES string of the molecule is CCN(CC)N=CNC(=O)Nc1c(C)cccc1C.Cl. The second-order valence-corrected chi connectivity index (χ2v) is 4.25. The largest absolute Gasteiger partial charge is 0.324 e. The number of nitrogens with zero attached hydrogens (tertiary/aromatic N) is 2. The molecule has 0 saturated carbocycles. The summed E-state index contributed by atoms with van der Waals surface area (Å²) in [5, 5.41) is 11.4. The number of hydrazone groups is 1. The Labute approximate surface area is 126 Å². The fourth-order valence-electron chi connectivity index (χ4n) is 1.72. The van der Waals surface area contributed by atoms with Gasteiger partial charge in [-0.3, -0.25) is 10.3 Å². The number of carbonyl (C=O) groups is 1. The first kappa shape index (κ1) is 18.2. The lowest BCUT2D eigenvalue weighted by atomic mass is 10.1. The van der Waals surface area contributed by atoms with E-state index in [0.717, 1.165) is 29.9 Å². The van der Waals surface area contributed by atoms with Crippen molar-refractivity contribution in [3.63, 3.8) is 0 Å². The summed E-state index contributed by atoms with van der Waals surface area (Å²) in [6.07, 6.45) is 1.41. The van der Waals surface area contributed by atoms with Gasteiger partial charge in [0.15, 0.2) is 0 Å². The summed E-state index contributed by atoms with van der Waals surface area (Å²) >= 11 is 0. The van der Waals surface area contributed by atoms with Crippen LogP contribution in [0.5, 0.6) is 0 Å². The molecule has 0 atom stereocenters. The highest BCUT2D eigenvalue weighted by atomic mass is 35.5. The Balaban J connectivity index is 0.00000361. The van der Waals surface area contributed by atoms with Crippen LogP contribution in [0.2, 0.25) is 0 Å². The molecular formula is C14H23ClN4O. The zero-order valence-electron chi connectivity index (χ0n) is 12.4. The Morgan fingerprint density at radius 2 is 1.80 bits per heavy atom. The third-order valence-corrected chi connectivity index (χ3v) is 2.87. The van der Waals surface area contributed by atoms with E-state index < -0.39 is 0 Å². The summed E-state index contributed by atoms with van der Waals surface area (Å²) in [5.41, 5.74) is 2.92. The van der Waals surface area contributed by atoms with Gasteiger partial charge in [0.05, 0.1) is 0 Å². The average molecular weight is 299 g/mol. The number of anilines is 1. The van der Waals surface area contributed by atoms with Gasteiger partial charge in [0.25, 0.3) is 0 Å². The molecule has 112 valence electrons. The lowest BCUT2D eigenvalue weighted by Gasteiger charge is -2.13. The minimum absolute atomic E-state index is 0. The summed E-state index contributed by atoms with van der Waals surface area (Å²) < 4.78 is 0.